The van der Waals surface area contributed by atoms with E-state index in [-0.39, 0.29) is 5.75 Å². The molecule has 1 aromatic carbocycles. The van der Waals surface area contributed by atoms with E-state index in [0.717, 1.165) is 18.4 Å². The van der Waals surface area contributed by atoms with E-state index in [4.69, 9.17) is 11.6 Å². The summed E-state index contributed by atoms with van der Waals surface area (Å²) in [4.78, 5) is 0. The van der Waals surface area contributed by atoms with Crippen LogP contribution in [0, 0.1) is 0 Å². The third kappa shape index (κ3) is 5.51. The Morgan fingerprint density at radius 2 is 1.68 bits per heavy atom. The van der Waals surface area contributed by atoms with Gasteiger partial charge in [-0.3, -0.25) is 0 Å². The average molecular weight is 304 g/mol. The van der Waals surface area contributed by atoms with Crippen LogP contribution in [0.3, 0.4) is 0 Å². The van der Waals surface area contributed by atoms with Gasteiger partial charge in [-0.05, 0) is 30.4 Å². The van der Waals surface area contributed by atoms with E-state index < -0.39 is 10.0 Å². The molecular formula is C14H22ClNO2S. The lowest BCUT2D eigenvalue weighted by atomic mass is 10.1. The van der Waals surface area contributed by atoms with Crippen LogP contribution in [0.25, 0.3) is 0 Å². The number of hydrogen-bond acceptors (Lipinski definition) is 2. The predicted molar refractivity (Wildman–Crippen MR) is 81.0 cm³/mol. The van der Waals surface area contributed by atoms with Crippen LogP contribution in [0.2, 0.25) is 0 Å². The van der Waals surface area contributed by atoms with Gasteiger partial charge in [0, 0.05) is 19.5 Å². The second kappa shape index (κ2) is 7.88. The SMILES string of the molecule is CCc1ccc(CN(C)S(=O)(=O)CCCCCl)cc1. The third-order valence-corrected chi connectivity index (χ3v) is 5.25. The summed E-state index contributed by atoms with van der Waals surface area (Å²) < 4.78 is 25.5. The normalized spacial score (nSPS) is 12.0. The second-order valence-electron chi connectivity index (χ2n) is 4.64. The van der Waals surface area contributed by atoms with E-state index in [9.17, 15) is 8.42 Å². The van der Waals surface area contributed by atoms with Gasteiger partial charge in [0.15, 0.2) is 0 Å². The minimum atomic E-state index is -3.17. The highest BCUT2D eigenvalue weighted by molar-refractivity contribution is 7.89. The Bertz CT molecular complexity index is 471. The van der Waals surface area contributed by atoms with Crippen molar-refractivity contribution in [2.24, 2.45) is 0 Å². The predicted octanol–water partition coefficient (Wildman–Crippen LogP) is 3.03. The Labute approximate surface area is 121 Å². The zero-order valence-electron chi connectivity index (χ0n) is 11.6. The van der Waals surface area contributed by atoms with Crippen LogP contribution >= 0.6 is 11.6 Å². The number of nitrogens with zero attached hydrogens (tertiary/aromatic N) is 1. The Hall–Kier alpha value is -0.580. The van der Waals surface area contributed by atoms with Crippen molar-refractivity contribution in [2.45, 2.75) is 32.7 Å². The van der Waals surface area contributed by atoms with Gasteiger partial charge in [-0.2, -0.15) is 0 Å². The molecule has 0 N–H and O–H groups in total. The Balaban J connectivity index is 2.59. The van der Waals surface area contributed by atoms with E-state index in [1.807, 2.05) is 24.3 Å². The molecule has 1 rings (SSSR count). The van der Waals surface area contributed by atoms with Crippen molar-refractivity contribution in [1.82, 2.24) is 4.31 Å². The smallest absolute Gasteiger partial charge is 0.212 e. The first kappa shape index (κ1) is 16.5. The molecule has 0 saturated heterocycles. The molecule has 0 radical (unpaired) electrons. The van der Waals surface area contributed by atoms with Gasteiger partial charge in [0.2, 0.25) is 10.0 Å². The number of hydrogen-bond donors (Lipinski definition) is 0. The molecular weight excluding hydrogens is 282 g/mol. The van der Waals surface area contributed by atoms with Gasteiger partial charge < -0.3 is 0 Å². The molecule has 0 bridgehead atoms. The van der Waals surface area contributed by atoms with Crippen molar-refractivity contribution in [3.8, 4) is 0 Å². The fourth-order valence-corrected chi connectivity index (χ4v) is 3.19. The second-order valence-corrected chi connectivity index (χ2v) is 7.21. The van der Waals surface area contributed by atoms with Gasteiger partial charge in [-0.1, -0.05) is 31.2 Å². The molecule has 0 aromatic heterocycles. The highest BCUT2D eigenvalue weighted by Gasteiger charge is 2.17. The summed E-state index contributed by atoms with van der Waals surface area (Å²) in [6.45, 7) is 2.52. The lowest BCUT2D eigenvalue weighted by Gasteiger charge is -2.17. The monoisotopic (exact) mass is 303 g/mol. The molecule has 3 nitrogen and oxygen atoms in total. The highest BCUT2D eigenvalue weighted by atomic mass is 35.5. The number of rotatable bonds is 8. The topological polar surface area (TPSA) is 37.4 Å². The minimum Gasteiger partial charge on any atom is -0.212 e. The van der Waals surface area contributed by atoms with Crippen LogP contribution in [-0.4, -0.2) is 31.4 Å². The summed E-state index contributed by atoms with van der Waals surface area (Å²) in [5.41, 5.74) is 2.27. The number of sulfonamides is 1. The van der Waals surface area contributed by atoms with Crippen LogP contribution in [0.4, 0.5) is 0 Å². The molecule has 0 aliphatic carbocycles. The molecule has 0 aliphatic heterocycles. The molecule has 19 heavy (non-hydrogen) atoms. The molecule has 108 valence electrons. The lowest BCUT2D eigenvalue weighted by molar-refractivity contribution is 0.465. The molecule has 1 aromatic rings. The molecule has 0 saturated carbocycles. The van der Waals surface area contributed by atoms with E-state index in [0.29, 0.717) is 18.8 Å². The summed E-state index contributed by atoms with van der Waals surface area (Å²) in [5, 5.41) is 0. The van der Waals surface area contributed by atoms with Crippen molar-refractivity contribution in [3.05, 3.63) is 35.4 Å². The van der Waals surface area contributed by atoms with Gasteiger partial charge >= 0.3 is 0 Å². The molecule has 0 unspecified atom stereocenters. The first-order valence-corrected chi connectivity index (χ1v) is 8.71. The van der Waals surface area contributed by atoms with E-state index >= 15 is 0 Å². The quantitative estimate of drug-likeness (QED) is 0.547. The third-order valence-electron chi connectivity index (χ3n) is 3.10. The number of halogens is 1. The van der Waals surface area contributed by atoms with E-state index in [1.165, 1.54) is 9.87 Å². The Morgan fingerprint density at radius 1 is 1.11 bits per heavy atom. The van der Waals surface area contributed by atoms with E-state index in [2.05, 4.69) is 6.92 Å². The number of aryl methyl sites for hydroxylation is 1. The summed E-state index contributed by atoms with van der Waals surface area (Å²) in [5.74, 6) is 0.682. The molecule has 0 aliphatic rings. The number of benzene rings is 1. The molecule has 5 heteroatoms. The van der Waals surface area contributed by atoms with Crippen LogP contribution in [0.5, 0.6) is 0 Å². The van der Waals surface area contributed by atoms with Crippen molar-refractivity contribution in [3.63, 3.8) is 0 Å². The van der Waals surface area contributed by atoms with Crippen molar-refractivity contribution in [2.75, 3.05) is 18.7 Å². The lowest BCUT2D eigenvalue weighted by Crippen LogP contribution is -2.28. The molecule has 0 amide bonds. The number of unbranched alkanes of at least 4 members (excludes halogenated alkanes) is 1. The average Bonchev–Trinajstić information content (AvgIpc) is 2.39. The Kier molecular flexibility index (Phi) is 6.83. The maximum absolute atomic E-state index is 12.0. The first-order chi connectivity index (χ1) is 8.99. The zero-order valence-corrected chi connectivity index (χ0v) is 13.2. The van der Waals surface area contributed by atoms with Gasteiger partial charge in [0.1, 0.15) is 0 Å². The maximum Gasteiger partial charge on any atom is 0.214 e. The van der Waals surface area contributed by atoms with Crippen LogP contribution in [0.1, 0.15) is 30.9 Å². The van der Waals surface area contributed by atoms with Crippen molar-refractivity contribution >= 4 is 21.6 Å². The minimum absolute atomic E-state index is 0.170. The number of alkyl halides is 1. The van der Waals surface area contributed by atoms with Gasteiger partial charge in [-0.15, -0.1) is 11.6 Å². The summed E-state index contributed by atoms with van der Waals surface area (Å²) in [6, 6.07) is 8.07. The van der Waals surface area contributed by atoms with Gasteiger partial charge in [-0.25, -0.2) is 12.7 Å². The zero-order chi connectivity index (χ0) is 14.3. The van der Waals surface area contributed by atoms with Crippen LogP contribution in [0.15, 0.2) is 24.3 Å². The van der Waals surface area contributed by atoms with Crippen molar-refractivity contribution in [1.29, 1.82) is 0 Å². The largest absolute Gasteiger partial charge is 0.214 e. The molecule has 0 heterocycles. The summed E-state index contributed by atoms with van der Waals surface area (Å²) in [6.07, 6.45) is 2.34. The molecule has 0 fully saturated rings. The highest BCUT2D eigenvalue weighted by Crippen LogP contribution is 2.11. The van der Waals surface area contributed by atoms with Crippen molar-refractivity contribution < 1.29 is 8.42 Å². The first-order valence-electron chi connectivity index (χ1n) is 6.57. The van der Waals surface area contributed by atoms with Crippen LogP contribution < -0.4 is 0 Å². The molecule has 0 atom stereocenters. The fraction of sp³-hybridized carbons (Fsp3) is 0.571. The standard InChI is InChI=1S/C14H22ClNO2S/c1-3-13-6-8-14(9-7-13)12-16(2)19(17,18)11-5-4-10-15/h6-9H,3-5,10-12H2,1-2H3. The molecule has 0 spiro atoms. The van der Waals surface area contributed by atoms with Crippen LogP contribution in [-0.2, 0) is 23.0 Å². The van der Waals surface area contributed by atoms with Gasteiger partial charge in [0.25, 0.3) is 0 Å². The maximum atomic E-state index is 12.0. The van der Waals surface area contributed by atoms with Gasteiger partial charge in [0.05, 0.1) is 5.75 Å². The summed E-state index contributed by atoms with van der Waals surface area (Å²) in [7, 11) is -1.54. The summed E-state index contributed by atoms with van der Waals surface area (Å²) >= 11 is 5.56. The Morgan fingerprint density at radius 3 is 2.21 bits per heavy atom. The van der Waals surface area contributed by atoms with E-state index in [1.54, 1.807) is 7.05 Å². The fourth-order valence-electron chi connectivity index (χ4n) is 1.77.